The molecule has 5 rings (SSSR count). The molecule has 29 heavy (non-hydrogen) atoms. The number of nitrogens with zero attached hydrogens (tertiary/aromatic N) is 3. The number of anilines is 1. The minimum Gasteiger partial charge on any atom is -0.463 e. The molecule has 1 unspecified atom stereocenters. The van der Waals surface area contributed by atoms with Gasteiger partial charge in [-0.25, -0.2) is 9.99 Å². The van der Waals surface area contributed by atoms with Crippen LogP contribution < -0.4 is 5.01 Å². The zero-order chi connectivity index (χ0) is 19.8. The van der Waals surface area contributed by atoms with E-state index in [9.17, 15) is 0 Å². The van der Waals surface area contributed by atoms with Crippen molar-refractivity contribution in [3.05, 3.63) is 93.7 Å². The van der Waals surface area contributed by atoms with Crippen molar-refractivity contribution in [2.24, 2.45) is 5.10 Å². The molecular formula is C22H15Cl2N3OS. The van der Waals surface area contributed by atoms with E-state index in [0.29, 0.717) is 10.0 Å². The number of thiazole rings is 1. The van der Waals surface area contributed by atoms with E-state index in [4.69, 9.17) is 37.7 Å². The first kappa shape index (κ1) is 18.4. The Hall–Kier alpha value is -2.60. The number of hydrazone groups is 1. The predicted molar refractivity (Wildman–Crippen MR) is 119 cm³/mol. The fourth-order valence-corrected chi connectivity index (χ4v) is 4.43. The number of hydrogen-bond donors (Lipinski definition) is 0. The number of halogens is 2. The maximum atomic E-state index is 6.09. The van der Waals surface area contributed by atoms with Crippen LogP contribution >= 0.6 is 34.5 Å². The van der Waals surface area contributed by atoms with Crippen LogP contribution in [0, 0.1) is 0 Å². The van der Waals surface area contributed by atoms with Crippen LogP contribution in [0.25, 0.3) is 11.3 Å². The topological polar surface area (TPSA) is 41.6 Å². The highest BCUT2D eigenvalue weighted by Crippen LogP contribution is 2.39. The van der Waals surface area contributed by atoms with E-state index in [-0.39, 0.29) is 6.04 Å². The van der Waals surface area contributed by atoms with Gasteiger partial charge in [0.15, 0.2) is 0 Å². The van der Waals surface area contributed by atoms with Crippen molar-refractivity contribution in [1.82, 2.24) is 4.98 Å². The van der Waals surface area contributed by atoms with Crippen molar-refractivity contribution in [3.8, 4) is 11.3 Å². The molecule has 0 N–H and O–H groups in total. The molecule has 0 saturated carbocycles. The molecule has 7 heteroatoms. The normalized spacial score (nSPS) is 16.3. The standard InChI is InChI=1S/C22H15Cl2N3OS/c23-16-7-3-14(4-8-16)19-13-29-22(25-19)27-20(15-5-9-17(24)10-6-15)12-18(26-27)21-2-1-11-28-21/h1-11,13,20H,12H2. The van der Waals surface area contributed by atoms with E-state index in [1.807, 2.05) is 71.1 Å². The second-order valence-electron chi connectivity index (χ2n) is 6.66. The van der Waals surface area contributed by atoms with E-state index in [0.717, 1.165) is 39.8 Å². The molecule has 144 valence electrons. The number of benzene rings is 2. The highest BCUT2D eigenvalue weighted by Gasteiger charge is 2.32. The monoisotopic (exact) mass is 439 g/mol. The molecule has 0 amide bonds. The van der Waals surface area contributed by atoms with Crippen molar-refractivity contribution < 1.29 is 4.42 Å². The molecule has 4 aromatic rings. The lowest BCUT2D eigenvalue weighted by molar-refractivity contribution is 0.556. The summed E-state index contributed by atoms with van der Waals surface area (Å²) in [5, 5.41) is 11.1. The Kier molecular flexibility index (Phi) is 4.87. The minimum absolute atomic E-state index is 0.0246. The molecule has 2 aromatic carbocycles. The summed E-state index contributed by atoms with van der Waals surface area (Å²) >= 11 is 13.7. The SMILES string of the molecule is Clc1ccc(-c2csc(N3N=C(c4ccco4)CC3c3ccc(Cl)cc3)n2)cc1. The first-order valence-electron chi connectivity index (χ1n) is 9.05. The summed E-state index contributed by atoms with van der Waals surface area (Å²) in [7, 11) is 0. The van der Waals surface area contributed by atoms with Gasteiger partial charge in [0.1, 0.15) is 11.5 Å². The van der Waals surface area contributed by atoms with E-state index < -0.39 is 0 Å². The number of aromatic nitrogens is 1. The molecule has 3 heterocycles. The summed E-state index contributed by atoms with van der Waals surface area (Å²) in [5.74, 6) is 0.779. The molecule has 0 spiro atoms. The van der Waals surface area contributed by atoms with Gasteiger partial charge < -0.3 is 4.42 Å². The van der Waals surface area contributed by atoms with Crippen LogP contribution in [0.5, 0.6) is 0 Å². The highest BCUT2D eigenvalue weighted by molar-refractivity contribution is 7.14. The molecule has 1 aliphatic heterocycles. The summed E-state index contributed by atoms with van der Waals surface area (Å²) in [4.78, 5) is 4.84. The van der Waals surface area contributed by atoms with Crippen LogP contribution in [-0.2, 0) is 0 Å². The smallest absolute Gasteiger partial charge is 0.207 e. The zero-order valence-corrected chi connectivity index (χ0v) is 17.5. The van der Waals surface area contributed by atoms with Crippen molar-refractivity contribution in [1.29, 1.82) is 0 Å². The number of rotatable bonds is 4. The van der Waals surface area contributed by atoms with E-state index in [1.165, 1.54) is 0 Å². The third-order valence-electron chi connectivity index (χ3n) is 4.80. The van der Waals surface area contributed by atoms with Gasteiger partial charge in [0.05, 0.1) is 18.0 Å². The molecule has 4 nitrogen and oxygen atoms in total. The second kappa shape index (κ2) is 7.67. The molecule has 1 atom stereocenters. The lowest BCUT2D eigenvalue weighted by Gasteiger charge is -2.21. The van der Waals surface area contributed by atoms with Crippen LogP contribution in [-0.4, -0.2) is 10.7 Å². The Balaban J connectivity index is 1.52. The van der Waals surface area contributed by atoms with Gasteiger partial charge >= 0.3 is 0 Å². The lowest BCUT2D eigenvalue weighted by Crippen LogP contribution is -2.18. The lowest BCUT2D eigenvalue weighted by atomic mass is 10.0. The quantitative estimate of drug-likeness (QED) is 0.341. The first-order chi connectivity index (χ1) is 14.2. The molecular weight excluding hydrogens is 425 g/mol. The summed E-state index contributed by atoms with van der Waals surface area (Å²) < 4.78 is 5.58. The van der Waals surface area contributed by atoms with Crippen LogP contribution in [0.15, 0.2) is 81.8 Å². The van der Waals surface area contributed by atoms with E-state index in [1.54, 1.807) is 17.6 Å². The predicted octanol–water partition coefficient (Wildman–Crippen LogP) is 7.07. The van der Waals surface area contributed by atoms with Gasteiger partial charge in [0, 0.05) is 27.4 Å². The van der Waals surface area contributed by atoms with Gasteiger partial charge in [0.2, 0.25) is 5.13 Å². The third-order valence-corrected chi connectivity index (χ3v) is 6.13. The molecule has 0 fully saturated rings. The first-order valence-corrected chi connectivity index (χ1v) is 10.7. The fraction of sp³-hybridized carbons (Fsp3) is 0.0909. The fourth-order valence-electron chi connectivity index (χ4n) is 3.35. The minimum atomic E-state index is 0.0246. The largest absolute Gasteiger partial charge is 0.463 e. The number of furan rings is 1. The maximum absolute atomic E-state index is 6.09. The Morgan fingerprint density at radius 2 is 1.69 bits per heavy atom. The van der Waals surface area contributed by atoms with Crippen LogP contribution in [0.3, 0.4) is 0 Å². The van der Waals surface area contributed by atoms with Gasteiger partial charge in [-0.1, -0.05) is 47.5 Å². The zero-order valence-electron chi connectivity index (χ0n) is 15.1. The molecule has 0 aliphatic carbocycles. The summed E-state index contributed by atoms with van der Waals surface area (Å²) in [6.45, 7) is 0. The van der Waals surface area contributed by atoms with Crippen molar-refractivity contribution in [2.45, 2.75) is 12.5 Å². The Morgan fingerprint density at radius 3 is 2.38 bits per heavy atom. The third kappa shape index (κ3) is 3.69. The van der Waals surface area contributed by atoms with Gasteiger partial charge in [-0.3, -0.25) is 0 Å². The van der Waals surface area contributed by atoms with Crippen molar-refractivity contribution >= 4 is 45.4 Å². The summed E-state index contributed by atoms with van der Waals surface area (Å²) in [6.07, 6.45) is 2.39. The molecule has 1 aliphatic rings. The highest BCUT2D eigenvalue weighted by atomic mass is 35.5. The second-order valence-corrected chi connectivity index (χ2v) is 8.37. The van der Waals surface area contributed by atoms with Crippen LogP contribution in [0.2, 0.25) is 10.0 Å². The van der Waals surface area contributed by atoms with Gasteiger partial charge in [-0.15, -0.1) is 11.3 Å². The van der Waals surface area contributed by atoms with Crippen LogP contribution in [0.1, 0.15) is 23.8 Å². The van der Waals surface area contributed by atoms with E-state index in [2.05, 4.69) is 0 Å². The molecule has 2 aromatic heterocycles. The molecule has 0 bridgehead atoms. The summed E-state index contributed by atoms with van der Waals surface area (Å²) in [5.41, 5.74) is 3.95. The van der Waals surface area contributed by atoms with Crippen molar-refractivity contribution in [3.63, 3.8) is 0 Å². The van der Waals surface area contributed by atoms with Gasteiger partial charge in [0.25, 0.3) is 0 Å². The Labute approximate surface area is 182 Å². The van der Waals surface area contributed by atoms with Crippen LogP contribution in [0.4, 0.5) is 5.13 Å². The van der Waals surface area contributed by atoms with Gasteiger partial charge in [-0.05, 0) is 42.0 Å². The summed E-state index contributed by atoms with van der Waals surface area (Å²) in [6, 6.07) is 19.4. The maximum Gasteiger partial charge on any atom is 0.207 e. The Bertz CT molecular complexity index is 1150. The average Bonchev–Trinajstić information content (AvgIpc) is 3.48. The average molecular weight is 440 g/mol. The number of hydrogen-bond acceptors (Lipinski definition) is 5. The van der Waals surface area contributed by atoms with Gasteiger partial charge in [-0.2, -0.15) is 5.10 Å². The van der Waals surface area contributed by atoms with E-state index >= 15 is 0 Å². The molecule has 0 radical (unpaired) electrons. The van der Waals surface area contributed by atoms with Crippen molar-refractivity contribution in [2.75, 3.05) is 5.01 Å². The Morgan fingerprint density at radius 1 is 0.966 bits per heavy atom. The molecule has 0 saturated heterocycles.